The molecule has 0 fully saturated rings. The molecule has 24 heavy (non-hydrogen) atoms. The number of aryl methyl sites for hydroxylation is 1. The number of amides is 2. The summed E-state index contributed by atoms with van der Waals surface area (Å²) in [4.78, 5) is 25.9. The van der Waals surface area contributed by atoms with Crippen LogP contribution in [0.1, 0.15) is 24.1 Å². The molecule has 0 aromatic heterocycles. The zero-order valence-electron chi connectivity index (χ0n) is 13.8. The van der Waals surface area contributed by atoms with Crippen molar-refractivity contribution in [2.75, 3.05) is 18.1 Å². The fourth-order valence-electron chi connectivity index (χ4n) is 3.02. The van der Waals surface area contributed by atoms with Gasteiger partial charge in [-0.05, 0) is 24.6 Å². The Balaban J connectivity index is 1.78. The molecule has 0 aliphatic carbocycles. The Hall–Kier alpha value is -2.82. The Kier molecular flexibility index (Phi) is 4.51. The minimum atomic E-state index is -0.617. The first-order valence-corrected chi connectivity index (χ1v) is 7.94. The summed E-state index contributed by atoms with van der Waals surface area (Å²) in [5, 5.41) is 2.74. The van der Waals surface area contributed by atoms with Crippen molar-refractivity contribution in [3.63, 3.8) is 0 Å². The maximum Gasteiger partial charge on any atom is 0.254 e. The smallest absolute Gasteiger partial charge is 0.254 e. The quantitative estimate of drug-likeness (QED) is 0.920. The third-order valence-electron chi connectivity index (χ3n) is 4.04. The van der Waals surface area contributed by atoms with Crippen LogP contribution in [-0.4, -0.2) is 25.0 Å². The number of hydrogen-bond acceptors (Lipinski definition) is 3. The van der Waals surface area contributed by atoms with E-state index in [1.807, 2.05) is 55.5 Å². The molecule has 3 rings (SSSR count). The van der Waals surface area contributed by atoms with Crippen LogP contribution in [0.15, 0.2) is 48.5 Å². The van der Waals surface area contributed by atoms with Gasteiger partial charge < -0.3 is 15.0 Å². The monoisotopic (exact) mass is 324 g/mol. The Morgan fingerprint density at radius 3 is 2.62 bits per heavy atom. The Labute approximate surface area is 141 Å². The second-order valence-electron chi connectivity index (χ2n) is 5.80. The van der Waals surface area contributed by atoms with Gasteiger partial charge in [-0.1, -0.05) is 36.4 Å². The lowest BCUT2D eigenvalue weighted by Crippen LogP contribution is -2.38. The number of hydrogen-bond donors (Lipinski definition) is 1. The minimum absolute atomic E-state index is 0.119. The molecule has 1 heterocycles. The molecule has 0 spiro atoms. The van der Waals surface area contributed by atoms with Crippen LogP contribution in [0.5, 0.6) is 5.75 Å². The summed E-state index contributed by atoms with van der Waals surface area (Å²) in [5.74, 6) is 0.432. The van der Waals surface area contributed by atoms with Crippen LogP contribution in [0.25, 0.3) is 0 Å². The van der Waals surface area contributed by atoms with Gasteiger partial charge in [-0.25, -0.2) is 0 Å². The number of carbonyl (C=O) groups excluding carboxylic acids is 2. The normalized spacial score (nSPS) is 16.0. The van der Waals surface area contributed by atoms with E-state index in [9.17, 15) is 9.59 Å². The first kappa shape index (κ1) is 16.1. The molecule has 1 atom stereocenters. The van der Waals surface area contributed by atoms with Crippen molar-refractivity contribution < 1.29 is 14.3 Å². The van der Waals surface area contributed by atoms with E-state index in [4.69, 9.17) is 4.74 Å². The third kappa shape index (κ3) is 3.11. The fraction of sp³-hybridized carbons (Fsp3) is 0.263. The standard InChI is InChI=1S/C19H20N2O3/c1-13-7-6-10-16-17(20-14(2)22)19(23)21(18(13)16)11-12-24-15-8-4-3-5-9-15/h3-10,17H,11-12H2,1-2H3,(H,20,22)/t17-/m1/s1. The number of nitrogens with one attached hydrogen (secondary N) is 1. The fourth-order valence-corrected chi connectivity index (χ4v) is 3.02. The number of ether oxygens (including phenoxy) is 1. The average Bonchev–Trinajstić information content (AvgIpc) is 2.82. The third-order valence-corrected chi connectivity index (χ3v) is 4.04. The van der Waals surface area contributed by atoms with E-state index in [2.05, 4.69) is 5.32 Å². The second-order valence-corrected chi connectivity index (χ2v) is 5.80. The molecule has 0 saturated carbocycles. The summed E-state index contributed by atoms with van der Waals surface area (Å²) in [6, 6.07) is 14.6. The van der Waals surface area contributed by atoms with Crippen molar-refractivity contribution >= 4 is 17.5 Å². The van der Waals surface area contributed by atoms with Gasteiger partial charge in [0.1, 0.15) is 18.4 Å². The zero-order valence-corrected chi connectivity index (χ0v) is 13.8. The van der Waals surface area contributed by atoms with Crippen LogP contribution in [0, 0.1) is 6.92 Å². The second kappa shape index (κ2) is 6.74. The highest BCUT2D eigenvalue weighted by Gasteiger charge is 2.38. The van der Waals surface area contributed by atoms with Crippen LogP contribution in [0.2, 0.25) is 0 Å². The Morgan fingerprint density at radius 2 is 1.92 bits per heavy atom. The van der Waals surface area contributed by atoms with Gasteiger partial charge in [-0.2, -0.15) is 0 Å². The van der Waals surface area contributed by atoms with Crippen molar-refractivity contribution in [3.05, 3.63) is 59.7 Å². The van der Waals surface area contributed by atoms with Gasteiger partial charge in [0.15, 0.2) is 0 Å². The highest BCUT2D eigenvalue weighted by atomic mass is 16.5. The number of nitrogens with zero attached hydrogens (tertiary/aromatic N) is 1. The summed E-state index contributed by atoms with van der Waals surface area (Å²) >= 11 is 0. The van der Waals surface area contributed by atoms with E-state index >= 15 is 0 Å². The number of carbonyl (C=O) groups is 2. The first-order chi connectivity index (χ1) is 11.6. The number of benzene rings is 2. The molecular formula is C19H20N2O3. The topological polar surface area (TPSA) is 58.6 Å². The largest absolute Gasteiger partial charge is 0.492 e. The molecule has 1 N–H and O–H groups in total. The molecule has 1 aliphatic heterocycles. The zero-order chi connectivity index (χ0) is 17.1. The molecule has 0 unspecified atom stereocenters. The number of anilines is 1. The minimum Gasteiger partial charge on any atom is -0.492 e. The van der Waals surface area contributed by atoms with Crippen molar-refractivity contribution in [2.45, 2.75) is 19.9 Å². The lowest BCUT2D eigenvalue weighted by atomic mass is 10.1. The SMILES string of the molecule is CC(=O)N[C@H]1C(=O)N(CCOc2ccccc2)c2c(C)cccc21. The van der Waals surface area contributed by atoms with Crippen molar-refractivity contribution in [1.29, 1.82) is 0 Å². The first-order valence-electron chi connectivity index (χ1n) is 7.94. The van der Waals surface area contributed by atoms with Crippen LogP contribution >= 0.6 is 0 Å². The van der Waals surface area contributed by atoms with E-state index in [1.54, 1.807) is 4.90 Å². The van der Waals surface area contributed by atoms with Crippen LogP contribution in [-0.2, 0) is 9.59 Å². The molecule has 0 saturated heterocycles. The number of fused-ring (bicyclic) bond motifs is 1. The van der Waals surface area contributed by atoms with E-state index in [-0.39, 0.29) is 11.8 Å². The Bertz CT molecular complexity index is 758. The predicted octanol–water partition coefficient (Wildman–Crippen LogP) is 2.60. The highest BCUT2D eigenvalue weighted by Crippen LogP contribution is 2.38. The molecule has 0 bridgehead atoms. The number of rotatable bonds is 5. The van der Waals surface area contributed by atoms with Crippen molar-refractivity contribution in [3.8, 4) is 5.75 Å². The maximum atomic E-state index is 12.7. The number of para-hydroxylation sites is 2. The van der Waals surface area contributed by atoms with Crippen molar-refractivity contribution in [2.24, 2.45) is 0 Å². The van der Waals surface area contributed by atoms with Gasteiger partial charge in [-0.15, -0.1) is 0 Å². The average molecular weight is 324 g/mol. The predicted molar refractivity (Wildman–Crippen MR) is 92.0 cm³/mol. The molecule has 1 aliphatic rings. The van der Waals surface area contributed by atoms with Crippen LogP contribution < -0.4 is 15.0 Å². The van der Waals surface area contributed by atoms with Gasteiger partial charge >= 0.3 is 0 Å². The molecule has 2 aromatic rings. The molecule has 2 amide bonds. The molecule has 2 aromatic carbocycles. The van der Waals surface area contributed by atoms with Crippen LogP contribution in [0.4, 0.5) is 5.69 Å². The lowest BCUT2D eigenvalue weighted by molar-refractivity contribution is -0.126. The van der Waals surface area contributed by atoms with Gasteiger partial charge in [0.25, 0.3) is 5.91 Å². The highest BCUT2D eigenvalue weighted by molar-refractivity contribution is 6.06. The lowest BCUT2D eigenvalue weighted by Gasteiger charge is -2.19. The Morgan fingerprint density at radius 1 is 1.17 bits per heavy atom. The van der Waals surface area contributed by atoms with E-state index in [1.165, 1.54) is 6.92 Å². The summed E-state index contributed by atoms with van der Waals surface area (Å²) in [6.45, 7) is 4.20. The summed E-state index contributed by atoms with van der Waals surface area (Å²) in [7, 11) is 0. The maximum absolute atomic E-state index is 12.7. The van der Waals surface area contributed by atoms with Crippen molar-refractivity contribution in [1.82, 2.24) is 5.32 Å². The summed E-state index contributed by atoms with van der Waals surface area (Å²) < 4.78 is 5.71. The van der Waals surface area contributed by atoms with Gasteiger partial charge in [-0.3, -0.25) is 9.59 Å². The van der Waals surface area contributed by atoms with E-state index in [0.717, 1.165) is 22.6 Å². The van der Waals surface area contributed by atoms with Crippen LogP contribution in [0.3, 0.4) is 0 Å². The molecule has 5 heteroatoms. The van der Waals surface area contributed by atoms with Gasteiger partial charge in [0.2, 0.25) is 5.91 Å². The summed E-state index contributed by atoms with van der Waals surface area (Å²) in [6.07, 6.45) is 0. The van der Waals surface area contributed by atoms with E-state index in [0.29, 0.717) is 13.2 Å². The molecule has 5 nitrogen and oxygen atoms in total. The molecule has 0 radical (unpaired) electrons. The summed E-state index contributed by atoms with van der Waals surface area (Å²) in [5.41, 5.74) is 2.72. The van der Waals surface area contributed by atoms with E-state index < -0.39 is 6.04 Å². The van der Waals surface area contributed by atoms with Gasteiger partial charge in [0.05, 0.1) is 12.2 Å². The molecule has 124 valence electrons. The molecular weight excluding hydrogens is 304 g/mol. The van der Waals surface area contributed by atoms with Gasteiger partial charge in [0, 0.05) is 12.5 Å².